The molecule has 0 nitrogen and oxygen atoms in total. The topological polar surface area (TPSA) is 0 Å². The Balaban J connectivity index is 1.24. The van der Waals surface area contributed by atoms with Gasteiger partial charge in [0.2, 0.25) is 0 Å². The number of fused-ring (bicyclic) bond motifs is 5. The van der Waals surface area contributed by atoms with E-state index in [9.17, 15) is 0 Å². The molecule has 0 heteroatoms. The molecule has 0 heterocycles. The van der Waals surface area contributed by atoms with Crippen molar-refractivity contribution in [3.63, 3.8) is 0 Å². The molecule has 0 saturated carbocycles. The molecule has 0 aromatic heterocycles. The monoisotopic (exact) mass is 692 g/mol. The van der Waals surface area contributed by atoms with Crippen LogP contribution in [-0.4, -0.2) is 0 Å². The largest absolute Gasteiger partial charge is 0.0757 e. The Bertz CT molecular complexity index is 2230. The lowest BCUT2D eigenvalue weighted by Gasteiger charge is -2.57. The first-order valence-corrected chi connectivity index (χ1v) is 20.2. The van der Waals surface area contributed by atoms with Gasteiger partial charge in [0.1, 0.15) is 0 Å². The van der Waals surface area contributed by atoms with Crippen LogP contribution in [0.3, 0.4) is 0 Å². The van der Waals surface area contributed by atoms with Crippen LogP contribution in [0.2, 0.25) is 0 Å². The van der Waals surface area contributed by atoms with E-state index in [2.05, 4.69) is 189 Å². The van der Waals surface area contributed by atoms with Crippen LogP contribution in [0, 0.1) is 11.8 Å². The molecule has 268 valence electrons. The zero-order valence-electron chi connectivity index (χ0n) is 33.2. The van der Waals surface area contributed by atoms with E-state index in [1.165, 1.54) is 57.4 Å². The van der Waals surface area contributed by atoms with Gasteiger partial charge in [-0.1, -0.05) is 189 Å². The lowest BCUT2D eigenvalue weighted by molar-refractivity contribution is 0.119. The highest BCUT2D eigenvalue weighted by Gasteiger charge is 2.57. The Morgan fingerprint density at radius 2 is 1.00 bits per heavy atom. The van der Waals surface area contributed by atoms with Crippen molar-refractivity contribution in [1.29, 1.82) is 0 Å². The number of benzene rings is 5. The van der Waals surface area contributed by atoms with Crippen molar-refractivity contribution >= 4 is 5.57 Å². The van der Waals surface area contributed by atoms with E-state index in [1.54, 1.807) is 22.3 Å². The SMILES string of the molecule is CC1(C)CCC(C)(C)c2cc3c(cc21)Cc1cc2c(cc1-3)C(C)(C)CC(C(c1ccccc1)(c1ccccc1)C1C=CC(c3ccccc3)=C1)C2(C)C. The van der Waals surface area contributed by atoms with Crippen molar-refractivity contribution in [2.24, 2.45) is 11.8 Å². The maximum absolute atomic E-state index is 2.67. The minimum atomic E-state index is -0.286. The van der Waals surface area contributed by atoms with E-state index in [0.29, 0.717) is 5.92 Å². The smallest absolute Gasteiger partial charge is 0.0337 e. The van der Waals surface area contributed by atoms with Crippen LogP contribution in [0.5, 0.6) is 0 Å². The fourth-order valence-electron chi connectivity index (χ4n) is 11.4. The van der Waals surface area contributed by atoms with Gasteiger partial charge in [0, 0.05) is 11.3 Å². The molecule has 0 N–H and O–H groups in total. The molecule has 0 amide bonds. The molecular weight excluding hydrogens is 637 g/mol. The van der Waals surface area contributed by atoms with Crippen molar-refractivity contribution in [2.45, 2.75) is 108 Å². The molecule has 0 saturated heterocycles. The summed E-state index contributed by atoms with van der Waals surface area (Å²) >= 11 is 0. The average molecular weight is 693 g/mol. The minimum absolute atomic E-state index is 0.0219. The van der Waals surface area contributed by atoms with E-state index in [0.717, 1.165) is 12.8 Å². The normalized spacial score (nSPS) is 22.7. The van der Waals surface area contributed by atoms with Gasteiger partial charge >= 0.3 is 0 Å². The van der Waals surface area contributed by atoms with Gasteiger partial charge in [0.15, 0.2) is 0 Å². The molecule has 5 aromatic carbocycles. The Morgan fingerprint density at radius 1 is 0.528 bits per heavy atom. The summed E-state index contributed by atoms with van der Waals surface area (Å²) in [6, 6.07) is 44.6. The highest BCUT2D eigenvalue weighted by molar-refractivity contribution is 5.81. The standard InChI is InChI=1S/C53H56/c1-49(2)26-27-50(3,4)45-32-42-37(30-44(45)49)28-38-31-47-46(33-43(38)42)51(5,6)34-48(52(47,7)8)53(39-20-14-10-15-21-39,40-22-16-11-17-23-40)41-25-24-36(29-41)35-18-12-9-13-19-35/h9-25,29-33,41,48H,26-28,34H2,1-8H3. The van der Waals surface area contributed by atoms with Crippen LogP contribution < -0.4 is 0 Å². The van der Waals surface area contributed by atoms with Gasteiger partial charge in [-0.2, -0.15) is 0 Å². The molecule has 53 heavy (non-hydrogen) atoms. The molecule has 0 spiro atoms. The first-order valence-electron chi connectivity index (χ1n) is 20.2. The molecule has 9 rings (SSSR count). The summed E-state index contributed by atoms with van der Waals surface area (Å²) in [5.74, 6) is 0.514. The molecule has 2 unspecified atom stereocenters. The first-order chi connectivity index (χ1) is 25.2. The molecule has 0 radical (unpaired) electrons. The van der Waals surface area contributed by atoms with Gasteiger partial charge in [-0.3, -0.25) is 0 Å². The Morgan fingerprint density at radius 3 is 1.55 bits per heavy atom. The molecule has 0 aliphatic heterocycles. The number of allylic oxidation sites excluding steroid dienone is 4. The Labute approximate surface area is 319 Å². The van der Waals surface area contributed by atoms with Crippen LogP contribution in [0.25, 0.3) is 16.7 Å². The Kier molecular flexibility index (Phi) is 7.64. The van der Waals surface area contributed by atoms with Crippen molar-refractivity contribution < 1.29 is 0 Å². The van der Waals surface area contributed by atoms with Gasteiger partial charge in [-0.15, -0.1) is 0 Å². The second-order valence-electron chi connectivity index (χ2n) is 19.4. The predicted molar refractivity (Wildman–Crippen MR) is 225 cm³/mol. The summed E-state index contributed by atoms with van der Waals surface area (Å²) in [6.45, 7) is 20.1. The van der Waals surface area contributed by atoms with Crippen LogP contribution in [-0.2, 0) is 33.5 Å². The molecule has 4 aliphatic carbocycles. The third kappa shape index (κ3) is 5.15. The average Bonchev–Trinajstić information content (AvgIpc) is 3.79. The molecule has 4 aliphatic rings. The summed E-state index contributed by atoms with van der Waals surface area (Å²) < 4.78 is 0. The van der Waals surface area contributed by atoms with Gasteiger partial charge < -0.3 is 0 Å². The maximum Gasteiger partial charge on any atom is 0.0337 e. The van der Waals surface area contributed by atoms with Gasteiger partial charge in [-0.25, -0.2) is 0 Å². The number of hydrogen-bond donors (Lipinski definition) is 0. The summed E-state index contributed by atoms with van der Waals surface area (Å²) in [5.41, 5.74) is 17.7. The lowest BCUT2D eigenvalue weighted by Crippen LogP contribution is -2.54. The molecular formula is C53H56. The molecule has 2 atom stereocenters. The van der Waals surface area contributed by atoms with E-state index < -0.39 is 0 Å². The van der Waals surface area contributed by atoms with Crippen molar-refractivity contribution in [3.8, 4) is 11.1 Å². The lowest BCUT2D eigenvalue weighted by atomic mass is 9.45. The number of rotatable bonds is 5. The van der Waals surface area contributed by atoms with E-state index >= 15 is 0 Å². The zero-order valence-corrected chi connectivity index (χ0v) is 33.2. The maximum atomic E-state index is 2.67. The molecule has 5 aromatic rings. The Hall–Kier alpha value is -4.42. The van der Waals surface area contributed by atoms with E-state index in [1.807, 2.05) is 0 Å². The van der Waals surface area contributed by atoms with E-state index in [4.69, 9.17) is 0 Å². The summed E-state index contributed by atoms with van der Waals surface area (Å²) in [4.78, 5) is 0. The highest BCUT2D eigenvalue weighted by Crippen LogP contribution is 2.62. The molecule has 0 bridgehead atoms. The minimum Gasteiger partial charge on any atom is -0.0757 e. The fourth-order valence-corrected chi connectivity index (χ4v) is 11.4. The fraction of sp³-hybridized carbons (Fsp3) is 0.358. The second-order valence-corrected chi connectivity index (χ2v) is 19.4. The van der Waals surface area contributed by atoms with Crippen LogP contribution >= 0.6 is 0 Å². The van der Waals surface area contributed by atoms with Crippen LogP contribution in [0.15, 0.2) is 133 Å². The summed E-state index contributed by atoms with van der Waals surface area (Å²) in [5, 5.41) is 0. The third-order valence-electron chi connectivity index (χ3n) is 14.5. The molecule has 0 fully saturated rings. The van der Waals surface area contributed by atoms with Gasteiger partial charge in [-0.05, 0) is 120 Å². The first kappa shape index (κ1) is 34.4. The quantitative estimate of drug-likeness (QED) is 0.169. The summed E-state index contributed by atoms with van der Waals surface area (Å²) in [7, 11) is 0. The van der Waals surface area contributed by atoms with Crippen LogP contribution in [0.4, 0.5) is 0 Å². The predicted octanol–water partition coefficient (Wildman–Crippen LogP) is 13.4. The zero-order chi connectivity index (χ0) is 37.0. The van der Waals surface area contributed by atoms with Crippen molar-refractivity contribution in [3.05, 3.63) is 184 Å². The van der Waals surface area contributed by atoms with Gasteiger partial charge in [0.05, 0.1) is 0 Å². The van der Waals surface area contributed by atoms with Crippen molar-refractivity contribution in [2.75, 3.05) is 0 Å². The highest BCUT2D eigenvalue weighted by atomic mass is 14.6. The second kappa shape index (κ2) is 11.8. The van der Waals surface area contributed by atoms with Crippen molar-refractivity contribution in [1.82, 2.24) is 0 Å². The van der Waals surface area contributed by atoms with Gasteiger partial charge in [0.25, 0.3) is 0 Å². The third-order valence-corrected chi connectivity index (χ3v) is 14.5. The summed E-state index contributed by atoms with van der Waals surface area (Å²) in [6.07, 6.45) is 12.1. The van der Waals surface area contributed by atoms with E-state index in [-0.39, 0.29) is 33.0 Å². The van der Waals surface area contributed by atoms with Crippen LogP contribution in [0.1, 0.15) is 125 Å². The number of hydrogen-bond acceptors (Lipinski definition) is 0.